The van der Waals surface area contributed by atoms with Crippen LogP contribution in [0.2, 0.25) is 0 Å². The lowest BCUT2D eigenvalue weighted by molar-refractivity contribution is -0.384. The molecule has 1 aliphatic carbocycles. The number of anilines is 1. The van der Waals surface area contributed by atoms with E-state index in [1.54, 1.807) is 0 Å². The topological polar surface area (TPSA) is 88.3 Å². The van der Waals surface area contributed by atoms with Crippen LogP contribution in [-0.2, 0) is 0 Å². The van der Waals surface area contributed by atoms with E-state index in [1.165, 1.54) is 12.3 Å². The molecule has 1 heterocycles. The van der Waals surface area contributed by atoms with Gasteiger partial charge in [-0.2, -0.15) is 0 Å². The number of hydrogen-bond acceptors (Lipinski definition) is 5. The number of halogens is 1. The van der Waals surface area contributed by atoms with E-state index >= 15 is 0 Å². The molecule has 0 unspecified atom stereocenters. The molecule has 1 aliphatic rings. The number of aliphatic hydroxyl groups excluding tert-OH is 1. The molecule has 0 atom stereocenters. The van der Waals surface area contributed by atoms with Gasteiger partial charge in [-0.3, -0.25) is 10.1 Å². The monoisotopic (exact) mass is 287 g/mol. The van der Waals surface area contributed by atoms with E-state index in [9.17, 15) is 10.1 Å². The number of nitro groups is 1. The molecule has 0 radical (unpaired) electrons. The van der Waals surface area contributed by atoms with Crippen molar-refractivity contribution in [2.45, 2.75) is 18.4 Å². The maximum Gasteiger partial charge on any atom is 0.312 e. The SMILES string of the molecule is O=[N+]([O-])c1cc(Br)cnc1NC1(CO)CC1. The van der Waals surface area contributed by atoms with Crippen LogP contribution in [0.4, 0.5) is 11.5 Å². The molecular formula is C9H10BrN3O3. The van der Waals surface area contributed by atoms with Crippen molar-refractivity contribution in [1.29, 1.82) is 0 Å². The van der Waals surface area contributed by atoms with Crippen LogP contribution < -0.4 is 5.32 Å². The van der Waals surface area contributed by atoms with Gasteiger partial charge in [0.2, 0.25) is 5.82 Å². The summed E-state index contributed by atoms with van der Waals surface area (Å²) in [7, 11) is 0. The van der Waals surface area contributed by atoms with Gasteiger partial charge in [0.25, 0.3) is 0 Å². The van der Waals surface area contributed by atoms with Crippen LogP contribution in [0, 0.1) is 10.1 Å². The summed E-state index contributed by atoms with van der Waals surface area (Å²) in [5.74, 6) is 0.208. The van der Waals surface area contributed by atoms with Gasteiger partial charge in [-0.15, -0.1) is 0 Å². The van der Waals surface area contributed by atoms with Crippen LogP contribution in [0.1, 0.15) is 12.8 Å². The van der Waals surface area contributed by atoms with Gasteiger partial charge in [0.05, 0.1) is 17.1 Å². The Hall–Kier alpha value is -1.21. The molecule has 0 spiro atoms. The van der Waals surface area contributed by atoms with Gasteiger partial charge in [0.1, 0.15) is 0 Å². The number of aliphatic hydroxyl groups is 1. The zero-order chi connectivity index (χ0) is 11.8. The number of nitrogens with one attached hydrogen (secondary N) is 1. The molecule has 0 aromatic carbocycles. The van der Waals surface area contributed by atoms with Crippen LogP contribution in [0.5, 0.6) is 0 Å². The standard InChI is InChI=1S/C9H10BrN3O3/c10-6-3-7(13(15)16)8(11-4-6)12-9(5-14)1-2-9/h3-4,14H,1-2,5H2,(H,11,12). The maximum atomic E-state index is 10.8. The summed E-state index contributed by atoms with van der Waals surface area (Å²) < 4.78 is 0.554. The summed E-state index contributed by atoms with van der Waals surface area (Å²) in [5, 5.41) is 22.9. The second kappa shape index (κ2) is 3.99. The molecule has 2 rings (SSSR count). The molecule has 16 heavy (non-hydrogen) atoms. The van der Waals surface area contributed by atoms with E-state index in [-0.39, 0.29) is 18.1 Å². The third-order valence-electron chi connectivity index (χ3n) is 2.57. The highest BCUT2D eigenvalue weighted by atomic mass is 79.9. The summed E-state index contributed by atoms with van der Waals surface area (Å²) in [6, 6.07) is 1.39. The van der Waals surface area contributed by atoms with Crippen molar-refractivity contribution in [2.75, 3.05) is 11.9 Å². The number of aromatic nitrogens is 1. The second-order valence-electron chi connectivity index (χ2n) is 3.84. The zero-order valence-electron chi connectivity index (χ0n) is 8.31. The van der Waals surface area contributed by atoms with Crippen LogP contribution in [0.15, 0.2) is 16.7 Å². The smallest absolute Gasteiger partial charge is 0.312 e. The molecular weight excluding hydrogens is 278 g/mol. The summed E-state index contributed by atoms with van der Waals surface area (Å²) in [4.78, 5) is 14.3. The van der Waals surface area contributed by atoms with E-state index in [2.05, 4.69) is 26.2 Å². The summed E-state index contributed by atoms with van der Waals surface area (Å²) in [6.07, 6.45) is 3.10. The lowest BCUT2D eigenvalue weighted by atomic mass is 10.3. The van der Waals surface area contributed by atoms with Crippen molar-refractivity contribution in [3.63, 3.8) is 0 Å². The van der Waals surface area contributed by atoms with Crippen molar-refractivity contribution >= 4 is 27.4 Å². The fourth-order valence-electron chi connectivity index (χ4n) is 1.39. The van der Waals surface area contributed by atoms with Crippen molar-refractivity contribution in [2.24, 2.45) is 0 Å². The lowest BCUT2D eigenvalue weighted by Gasteiger charge is -2.14. The van der Waals surface area contributed by atoms with Gasteiger partial charge in [0.15, 0.2) is 0 Å². The van der Waals surface area contributed by atoms with Gasteiger partial charge in [0, 0.05) is 16.7 Å². The first-order valence-corrected chi connectivity index (χ1v) is 5.55. The normalized spacial score (nSPS) is 16.9. The number of nitrogens with zero attached hydrogens (tertiary/aromatic N) is 2. The molecule has 1 fully saturated rings. The Morgan fingerprint density at radius 1 is 1.69 bits per heavy atom. The van der Waals surface area contributed by atoms with E-state index in [4.69, 9.17) is 5.11 Å². The van der Waals surface area contributed by atoms with Crippen molar-refractivity contribution in [1.82, 2.24) is 4.98 Å². The van der Waals surface area contributed by atoms with Crippen LogP contribution in [0.25, 0.3) is 0 Å². The molecule has 6 nitrogen and oxygen atoms in total. The van der Waals surface area contributed by atoms with Gasteiger partial charge < -0.3 is 10.4 Å². The highest BCUT2D eigenvalue weighted by molar-refractivity contribution is 9.10. The van der Waals surface area contributed by atoms with Crippen LogP contribution in [-0.4, -0.2) is 27.2 Å². The minimum atomic E-state index is -0.493. The average Bonchev–Trinajstić information content (AvgIpc) is 3.01. The summed E-state index contributed by atoms with van der Waals surface area (Å²) in [5.41, 5.74) is -0.500. The number of rotatable bonds is 4. The molecule has 0 bridgehead atoms. The molecule has 7 heteroatoms. The Morgan fingerprint density at radius 3 is 2.88 bits per heavy atom. The molecule has 1 saturated carbocycles. The maximum absolute atomic E-state index is 10.8. The summed E-state index contributed by atoms with van der Waals surface area (Å²) >= 11 is 3.13. The fraction of sp³-hybridized carbons (Fsp3) is 0.444. The van der Waals surface area contributed by atoms with Crippen molar-refractivity contribution in [3.8, 4) is 0 Å². The molecule has 1 aromatic rings. The largest absolute Gasteiger partial charge is 0.394 e. The van der Waals surface area contributed by atoms with Crippen molar-refractivity contribution < 1.29 is 10.0 Å². The number of pyridine rings is 1. The Morgan fingerprint density at radius 2 is 2.38 bits per heavy atom. The quantitative estimate of drug-likeness (QED) is 0.650. The Bertz CT molecular complexity index is 434. The van der Waals surface area contributed by atoms with E-state index < -0.39 is 10.5 Å². The molecule has 2 N–H and O–H groups in total. The van der Waals surface area contributed by atoms with Crippen LogP contribution in [0.3, 0.4) is 0 Å². The Balaban J connectivity index is 2.29. The molecule has 0 aliphatic heterocycles. The second-order valence-corrected chi connectivity index (χ2v) is 4.76. The van der Waals surface area contributed by atoms with Gasteiger partial charge in [-0.05, 0) is 28.8 Å². The van der Waals surface area contributed by atoms with Gasteiger partial charge in [-0.1, -0.05) is 0 Å². The van der Waals surface area contributed by atoms with E-state index in [0.717, 1.165) is 12.8 Å². The predicted molar refractivity (Wildman–Crippen MR) is 61.3 cm³/mol. The van der Waals surface area contributed by atoms with Gasteiger partial charge in [-0.25, -0.2) is 4.98 Å². The Labute approximate surface area is 100.0 Å². The third-order valence-corrected chi connectivity index (χ3v) is 3.00. The first-order chi connectivity index (χ1) is 7.56. The first kappa shape index (κ1) is 11.3. The van der Waals surface area contributed by atoms with E-state index in [1.807, 2.05) is 0 Å². The minimum Gasteiger partial charge on any atom is -0.394 e. The van der Waals surface area contributed by atoms with Crippen LogP contribution >= 0.6 is 15.9 Å². The third kappa shape index (κ3) is 2.14. The molecule has 86 valence electrons. The van der Waals surface area contributed by atoms with Crippen molar-refractivity contribution in [3.05, 3.63) is 26.9 Å². The van der Waals surface area contributed by atoms with E-state index in [0.29, 0.717) is 4.47 Å². The minimum absolute atomic E-state index is 0.0398. The first-order valence-electron chi connectivity index (χ1n) is 4.75. The predicted octanol–water partition coefficient (Wildman–Crippen LogP) is 1.69. The number of hydrogen-bond donors (Lipinski definition) is 2. The molecule has 1 aromatic heterocycles. The highest BCUT2D eigenvalue weighted by Crippen LogP contribution is 2.40. The molecule has 0 amide bonds. The lowest BCUT2D eigenvalue weighted by Crippen LogP contribution is -2.26. The summed E-state index contributed by atoms with van der Waals surface area (Å²) in [6.45, 7) is -0.0398. The zero-order valence-corrected chi connectivity index (χ0v) is 9.90. The molecule has 0 saturated heterocycles. The highest BCUT2D eigenvalue weighted by Gasteiger charge is 2.43. The average molecular weight is 288 g/mol. The Kier molecular flexibility index (Phi) is 2.81. The fourth-order valence-corrected chi connectivity index (χ4v) is 1.71. The van der Waals surface area contributed by atoms with Gasteiger partial charge >= 0.3 is 5.69 Å².